The highest BCUT2D eigenvalue weighted by Gasteiger charge is 2.05. The van der Waals surface area contributed by atoms with Crippen molar-refractivity contribution in [3.8, 4) is 5.75 Å². The van der Waals surface area contributed by atoms with Crippen molar-refractivity contribution in [3.63, 3.8) is 0 Å². The van der Waals surface area contributed by atoms with Gasteiger partial charge in [-0.15, -0.1) is 0 Å². The summed E-state index contributed by atoms with van der Waals surface area (Å²) in [6.07, 6.45) is -0.793. The van der Waals surface area contributed by atoms with Gasteiger partial charge in [0.15, 0.2) is 0 Å². The molecule has 0 saturated carbocycles. The number of rotatable bonds is 1. The van der Waals surface area contributed by atoms with Gasteiger partial charge in [0.25, 0.3) is 0 Å². The van der Waals surface area contributed by atoms with Gasteiger partial charge < -0.3 is 9.47 Å². The Morgan fingerprint density at radius 2 is 2.00 bits per heavy atom. The maximum Gasteiger partial charge on any atom is 0.513 e. The Hall–Kier alpha value is -0.930. The summed E-state index contributed by atoms with van der Waals surface area (Å²) in [6, 6.07) is 4.48. The second-order valence-corrected chi connectivity index (χ2v) is 2.95. The third-order valence-electron chi connectivity index (χ3n) is 1.26. The highest BCUT2D eigenvalue weighted by Crippen LogP contribution is 2.26. The quantitative estimate of drug-likeness (QED) is 0.539. The number of carbonyl (C=O) groups is 1. The molecule has 0 aliphatic rings. The van der Waals surface area contributed by atoms with Crippen LogP contribution in [0.2, 0.25) is 10.0 Å². The van der Waals surface area contributed by atoms with Gasteiger partial charge in [-0.25, -0.2) is 4.79 Å². The lowest BCUT2D eigenvalue weighted by molar-refractivity contribution is 0.121. The zero-order valence-electron chi connectivity index (χ0n) is 6.71. The fourth-order valence-electron chi connectivity index (χ4n) is 0.678. The Balaban J connectivity index is 2.79. The molecule has 0 unspecified atom stereocenters. The SMILES string of the molecule is COC(=O)Oc1ccc(Cl)c(Cl)c1. The third kappa shape index (κ3) is 2.79. The Morgan fingerprint density at radius 1 is 1.31 bits per heavy atom. The number of carbonyl (C=O) groups excluding carboxylic acids is 1. The van der Waals surface area contributed by atoms with E-state index in [1.165, 1.54) is 25.3 Å². The topological polar surface area (TPSA) is 35.5 Å². The van der Waals surface area contributed by atoms with E-state index in [4.69, 9.17) is 27.9 Å². The first-order valence-electron chi connectivity index (χ1n) is 3.34. The van der Waals surface area contributed by atoms with Gasteiger partial charge in [0.1, 0.15) is 5.75 Å². The molecule has 0 aliphatic carbocycles. The predicted octanol–water partition coefficient (Wildman–Crippen LogP) is 3.14. The number of hydrogen-bond acceptors (Lipinski definition) is 3. The Bertz CT molecular complexity index is 325. The van der Waals surface area contributed by atoms with Crippen molar-refractivity contribution in [1.29, 1.82) is 0 Å². The fourth-order valence-corrected chi connectivity index (χ4v) is 0.966. The smallest absolute Gasteiger partial charge is 0.437 e. The van der Waals surface area contributed by atoms with E-state index in [0.717, 1.165) is 0 Å². The van der Waals surface area contributed by atoms with Crippen LogP contribution in [0.1, 0.15) is 0 Å². The molecule has 0 amide bonds. The van der Waals surface area contributed by atoms with Crippen LogP contribution in [0.5, 0.6) is 5.75 Å². The van der Waals surface area contributed by atoms with E-state index >= 15 is 0 Å². The van der Waals surface area contributed by atoms with E-state index in [2.05, 4.69) is 4.74 Å². The number of methoxy groups -OCH3 is 1. The molecule has 70 valence electrons. The summed E-state index contributed by atoms with van der Waals surface area (Å²) >= 11 is 11.3. The van der Waals surface area contributed by atoms with E-state index in [0.29, 0.717) is 15.8 Å². The summed E-state index contributed by atoms with van der Waals surface area (Å²) in [6.45, 7) is 0. The van der Waals surface area contributed by atoms with Crippen molar-refractivity contribution >= 4 is 29.4 Å². The standard InChI is InChI=1S/C8H6Cl2O3/c1-12-8(11)13-5-2-3-6(9)7(10)4-5/h2-4H,1H3. The van der Waals surface area contributed by atoms with Gasteiger partial charge in [0, 0.05) is 6.07 Å². The fraction of sp³-hybridized carbons (Fsp3) is 0.125. The normalized spacial score (nSPS) is 9.46. The molecule has 0 radical (unpaired) electrons. The van der Waals surface area contributed by atoms with Gasteiger partial charge in [-0.05, 0) is 12.1 Å². The molecule has 0 spiro atoms. The van der Waals surface area contributed by atoms with Crippen molar-refractivity contribution in [2.75, 3.05) is 7.11 Å². The van der Waals surface area contributed by atoms with E-state index in [9.17, 15) is 4.79 Å². The average molecular weight is 221 g/mol. The van der Waals surface area contributed by atoms with Crippen molar-refractivity contribution < 1.29 is 14.3 Å². The highest BCUT2D eigenvalue weighted by molar-refractivity contribution is 6.42. The van der Waals surface area contributed by atoms with E-state index in [1.54, 1.807) is 0 Å². The van der Waals surface area contributed by atoms with Crippen LogP contribution in [0.3, 0.4) is 0 Å². The Morgan fingerprint density at radius 3 is 2.54 bits per heavy atom. The molecule has 1 aromatic carbocycles. The first-order valence-corrected chi connectivity index (χ1v) is 4.10. The Kier molecular flexibility index (Phi) is 3.39. The second-order valence-electron chi connectivity index (χ2n) is 2.13. The Labute approximate surface area is 85.2 Å². The van der Waals surface area contributed by atoms with Gasteiger partial charge in [-0.2, -0.15) is 0 Å². The summed E-state index contributed by atoms with van der Waals surface area (Å²) in [4.78, 5) is 10.7. The summed E-state index contributed by atoms with van der Waals surface area (Å²) in [7, 11) is 1.22. The van der Waals surface area contributed by atoms with Gasteiger partial charge in [-0.3, -0.25) is 0 Å². The second kappa shape index (κ2) is 4.35. The molecule has 0 fully saturated rings. The predicted molar refractivity (Wildman–Crippen MR) is 49.5 cm³/mol. The molecular formula is C8H6Cl2O3. The summed E-state index contributed by atoms with van der Waals surface area (Å²) in [5.41, 5.74) is 0. The van der Waals surface area contributed by atoms with Gasteiger partial charge in [0.05, 0.1) is 17.2 Å². The largest absolute Gasteiger partial charge is 0.513 e. The maximum atomic E-state index is 10.7. The van der Waals surface area contributed by atoms with Crippen LogP contribution in [0.25, 0.3) is 0 Å². The summed E-state index contributed by atoms with van der Waals surface area (Å²) in [5.74, 6) is 0.293. The van der Waals surface area contributed by atoms with E-state index in [-0.39, 0.29) is 0 Å². The van der Waals surface area contributed by atoms with E-state index in [1.807, 2.05) is 0 Å². The first-order chi connectivity index (χ1) is 6.13. The number of benzene rings is 1. The lowest BCUT2D eigenvalue weighted by atomic mass is 10.3. The zero-order chi connectivity index (χ0) is 9.84. The molecule has 5 heteroatoms. The maximum absolute atomic E-state index is 10.7. The number of halogens is 2. The molecule has 0 aromatic heterocycles. The van der Waals surface area contributed by atoms with Crippen molar-refractivity contribution in [3.05, 3.63) is 28.2 Å². The molecule has 0 N–H and O–H groups in total. The van der Waals surface area contributed by atoms with Crippen molar-refractivity contribution in [1.82, 2.24) is 0 Å². The van der Waals surface area contributed by atoms with Crippen LogP contribution >= 0.6 is 23.2 Å². The summed E-state index contributed by atoms with van der Waals surface area (Å²) < 4.78 is 8.98. The molecule has 0 heterocycles. The third-order valence-corrected chi connectivity index (χ3v) is 2.00. The van der Waals surface area contributed by atoms with Crippen LogP contribution < -0.4 is 4.74 Å². The minimum absolute atomic E-state index is 0.293. The van der Waals surface area contributed by atoms with Gasteiger partial charge in [0.2, 0.25) is 0 Å². The van der Waals surface area contributed by atoms with Crippen LogP contribution in [-0.2, 0) is 4.74 Å². The minimum atomic E-state index is -0.793. The van der Waals surface area contributed by atoms with Crippen LogP contribution in [0.15, 0.2) is 18.2 Å². The lowest BCUT2D eigenvalue weighted by Crippen LogP contribution is -2.06. The van der Waals surface area contributed by atoms with Crippen LogP contribution in [0, 0.1) is 0 Å². The molecule has 0 saturated heterocycles. The molecule has 0 aliphatic heterocycles. The molecule has 1 rings (SSSR count). The molecule has 0 atom stereocenters. The lowest BCUT2D eigenvalue weighted by Gasteiger charge is -2.02. The van der Waals surface area contributed by atoms with Crippen LogP contribution in [-0.4, -0.2) is 13.3 Å². The van der Waals surface area contributed by atoms with Gasteiger partial charge >= 0.3 is 6.16 Å². The molecule has 3 nitrogen and oxygen atoms in total. The molecule has 1 aromatic rings. The van der Waals surface area contributed by atoms with E-state index < -0.39 is 6.16 Å². The molecule has 0 bridgehead atoms. The monoisotopic (exact) mass is 220 g/mol. The molecule has 13 heavy (non-hydrogen) atoms. The average Bonchev–Trinajstić information content (AvgIpc) is 2.11. The molecular weight excluding hydrogens is 215 g/mol. The number of hydrogen-bond donors (Lipinski definition) is 0. The highest BCUT2D eigenvalue weighted by atomic mass is 35.5. The minimum Gasteiger partial charge on any atom is -0.437 e. The van der Waals surface area contributed by atoms with Crippen LogP contribution in [0.4, 0.5) is 4.79 Å². The zero-order valence-corrected chi connectivity index (χ0v) is 8.22. The number of ether oxygens (including phenoxy) is 2. The van der Waals surface area contributed by atoms with Crippen molar-refractivity contribution in [2.45, 2.75) is 0 Å². The van der Waals surface area contributed by atoms with Crippen molar-refractivity contribution in [2.24, 2.45) is 0 Å². The van der Waals surface area contributed by atoms with Gasteiger partial charge in [-0.1, -0.05) is 23.2 Å². The summed E-state index contributed by atoms with van der Waals surface area (Å²) in [5, 5.41) is 0.724. The first kappa shape index (κ1) is 10.2.